The number of rotatable bonds is 4. The topological polar surface area (TPSA) is 46.2 Å². The maximum absolute atomic E-state index is 14.3. The number of nitrogens with one attached hydrogen (secondary N) is 1. The number of allylic oxidation sites excluding steroid dienone is 1. The molecule has 136 valence electrons. The van der Waals surface area contributed by atoms with E-state index >= 15 is 0 Å². The smallest absolute Gasteiger partial charge is 0.262 e. The molecule has 0 aromatic heterocycles. The molecule has 0 radical (unpaired) electrons. The molecule has 3 nitrogen and oxygen atoms in total. The SMILES string of the molecule is C=CC#CCc1cc(F)c(NS(=O)(=O)c2cccc3ccccc23)cc1F. The van der Waals surface area contributed by atoms with E-state index in [0.29, 0.717) is 5.39 Å². The number of hydrogen-bond acceptors (Lipinski definition) is 2. The minimum absolute atomic E-state index is 0.00880. The minimum Gasteiger partial charge on any atom is -0.277 e. The van der Waals surface area contributed by atoms with Crippen LogP contribution < -0.4 is 4.72 Å². The number of anilines is 1. The van der Waals surface area contributed by atoms with Crippen molar-refractivity contribution < 1.29 is 17.2 Å². The molecule has 1 N–H and O–H groups in total. The van der Waals surface area contributed by atoms with Crippen molar-refractivity contribution in [2.24, 2.45) is 0 Å². The zero-order valence-electron chi connectivity index (χ0n) is 14.2. The molecule has 0 aliphatic rings. The molecule has 0 saturated carbocycles. The second-order valence-corrected chi connectivity index (χ2v) is 7.36. The van der Waals surface area contributed by atoms with Gasteiger partial charge >= 0.3 is 0 Å². The average Bonchev–Trinajstić information content (AvgIpc) is 2.65. The molecule has 27 heavy (non-hydrogen) atoms. The predicted octanol–water partition coefficient (Wildman–Crippen LogP) is 4.65. The molecule has 0 amide bonds. The molecule has 0 spiro atoms. The lowest BCUT2D eigenvalue weighted by Gasteiger charge is -2.12. The highest BCUT2D eigenvalue weighted by Gasteiger charge is 2.20. The lowest BCUT2D eigenvalue weighted by atomic mass is 10.1. The van der Waals surface area contributed by atoms with E-state index < -0.39 is 27.3 Å². The Morgan fingerprint density at radius 2 is 1.78 bits per heavy atom. The van der Waals surface area contributed by atoms with Gasteiger partial charge in [0.2, 0.25) is 0 Å². The van der Waals surface area contributed by atoms with Crippen molar-refractivity contribution in [3.05, 3.63) is 84.5 Å². The Hall–Kier alpha value is -3.17. The van der Waals surface area contributed by atoms with Crippen molar-refractivity contribution in [3.63, 3.8) is 0 Å². The molecule has 0 atom stereocenters. The van der Waals surface area contributed by atoms with Gasteiger partial charge in [0.05, 0.1) is 10.6 Å². The Bertz CT molecular complexity index is 1190. The maximum Gasteiger partial charge on any atom is 0.262 e. The average molecular weight is 383 g/mol. The van der Waals surface area contributed by atoms with Crippen molar-refractivity contribution >= 4 is 26.5 Å². The van der Waals surface area contributed by atoms with Crippen LogP contribution in [-0.2, 0) is 16.4 Å². The van der Waals surface area contributed by atoms with Crippen LogP contribution in [0.15, 0.2) is 72.1 Å². The zero-order valence-corrected chi connectivity index (χ0v) is 15.0. The molecule has 0 unspecified atom stereocenters. The van der Waals surface area contributed by atoms with Gasteiger partial charge in [0.25, 0.3) is 10.0 Å². The fraction of sp³-hybridized carbons (Fsp3) is 0.0476. The number of halogens is 2. The molecule has 0 fully saturated rings. The van der Waals surface area contributed by atoms with Crippen molar-refractivity contribution in [3.8, 4) is 11.8 Å². The Balaban J connectivity index is 1.98. The first-order valence-electron chi connectivity index (χ1n) is 8.00. The van der Waals surface area contributed by atoms with Gasteiger partial charge in [0.15, 0.2) is 0 Å². The first kappa shape index (κ1) is 18.6. The Kier molecular flexibility index (Phi) is 5.24. The van der Waals surface area contributed by atoms with Crippen LogP contribution in [0.4, 0.5) is 14.5 Å². The summed E-state index contributed by atoms with van der Waals surface area (Å²) in [5.74, 6) is 3.54. The van der Waals surface area contributed by atoms with Crippen LogP contribution in [0.5, 0.6) is 0 Å². The summed E-state index contributed by atoms with van der Waals surface area (Å²) in [6.45, 7) is 3.42. The first-order chi connectivity index (χ1) is 12.9. The van der Waals surface area contributed by atoms with Crippen molar-refractivity contribution in [1.82, 2.24) is 0 Å². The van der Waals surface area contributed by atoms with Gasteiger partial charge in [-0.2, -0.15) is 0 Å². The van der Waals surface area contributed by atoms with Crippen LogP contribution in [0.2, 0.25) is 0 Å². The van der Waals surface area contributed by atoms with E-state index in [0.717, 1.165) is 17.5 Å². The summed E-state index contributed by atoms with van der Waals surface area (Å²) in [6.07, 6.45) is 1.34. The standard InChI is InChI=1S/C21H15F2NO2S/c1-2-3-4-9-16-13-19(23)20(14-18(16)22)24-27(25,26)21-12-7-10-15-8-5-6-11-17(15)21/h2,5-8,10-14,24H,1,9H2. The van der Waals surface area contributed by atoms with E-state index in [4.69, 9.17) is 0 Å². The molecule has 3 aromatic rings. The first-order valence-corrected chi connectivity index (χ1v) is 9.48. The fourth-order valence-electron chi connectivity index (χ4n) is 2.65. The van der Waals surface area contributed by atoms with Crippen molar-refractivity contribution in [2.45, 2.75) is 11.3 Å². The van der Waals surface area contributed by atoms with Gasteiger partial charge in [-0.25, -0.2) is 17.2 Å². The largest absolute Gasteiger partial charge is 0.277 e. The summed E-state index contributed by atoms with van der Waals surface area (Å²) in [5, 5.41) is 1.22. The Morgan fingerprint density at radius 3 is 2.56 bits per heavy atom. The third-order valence-corrected chi connectivity index (χ3v) is 5.33. The van der Waals surface area contributed by atoms with Crippen LogP contribution in [0.25, 0.3) is 10.8 Å². The van der Waals surface area contributed by atoms with Crippen LogP contribution in [0.1, 0.15) is 5.56 Å². The van der Waals surface area contributed by atoms with E-state index in [2.05, 4.69) is 23.1 Å². The van der Waals surface area contributed by atoms with Gasteiger partial charge in [-0.15, -0.1) is 0 Å². The quantitative estimate of drug-likeness (QED) is 0.667. The molecule has 0 saturated heterocycles. The molecule has 6 heteroatoms. The van der Waals surface area contributed by atoms with Crippen LogP contribution >= 0.6 is 0 Å². The van der Waals surface area contributed by atoms with E-state index in [-0.39, 0.29) is 16.9 Å². The predicted molar refractivity (Wildman–Crippen MR) is 103 cm³/mol. The zero-order chi connectivity index (χ0) is 19.4. The third kappa shape index (κ3) is 3.99. The van der Waals surface area contributed by atoms with Gasteiger partial charge < -0.3 is 0 Å². The van der Waals surface area contributed by atoms with Gasteiger partial charge in [-0.05, 0) is 23.6 Å². The molecule has 0 heterocycles. The minimum atomic E-state index is -4.11. The molecule has 3 rings (SSSR count). The van der Waals surface area contributed by atoms with E-state index in [1.54, 1.807) is 36.4 Å². The lowest BCUT2D eigenvalue weighted by molar-refractivity contribution is 0.589. The van der Waals surface area contributed by atoms with E-state index in [9.17, 15) is 17.2 Å². The second-order valence-electron chi connectivity index (χ2n) is 5.71. The summed E-state index contributed by atoms with van der Waals surface area (Å²) >= 11 is 0. The van der Waals surface area contributed by atoms with Gasteiger partial charge in [-0.1, -0.05) is 54.8 Å². The lowest BCUT2D eigenvalue weighted by Crippen LogP contribution is -2.15. The molecule has 0 aliphatic heterocycles. The summed E-state index contributed by atoms with van der Waals surface area (Å²) in [4.78, 5) is -0.0127. The van der Waals surface area contributed by atoms with Crippen LogP contribution in [0, 0.1) is 23.5 Å². The Morgan fingerprint density at radius 1 is 1.04 bits per heavy atom. The normalized spacial score (nSPS) is 10.9. The van der Waals surface area contributed by atoms with E-state index in [1.165, 1.54) is 12.1 Å². The van der Waals surface area contributed by atoms with Crippen molar-refractivity contribution in [2.75, 3.05) is 4.72 Å². The summed E-state index contributed by atoms with van der Waals surface area (Å²) in [6, 6.07) is 13.5. The summed E-state index contributed by atoms with van der Waals surface area (Å²) < 4.78 is 56.1. The monoisotopic (exact) mass is 383 g/mol. The second kappa shape index (κ2) is 7.60. The van der Waals surface area contributed by atoms with Gasteiger partial charge in [0.1, 0.15) is 11.6 Å². The maximum atomic E-state index is 14.3. The number of sulfonamides is 1. The molecular weight excluding hydrogens is 368 g/mol. The summed E-state index contributed by atoms with van der Waals surface area (Å²) in [5.41, 5.74) is -0.421. The highest BCUT2D eigenvalue weighted by atomic mass is 32.2. The number of fused-ring (bicyclic) bond motifs is 1. The Labute approximate surface area is 156 Å². The van der Waals surface area contributed by atoms with Crippen molar-refractivity contribution in [1.29, 1.82) is 0 Å². The third-order valence-electron chi connectivity index (χ3n) is 3.90. The fourth-order valence-corrected chi connectivity index (χ4v) is 3.94. The molecular formula is C21H15F2NO2S. The summed E-state index contributed by atoms with van der Waals surface area (Å²) in [7, 11) is -4.11. The number of benzene rings is 3. The van der Waals surface area contributed by atoms with Gasteiger partial charge in [0, 0.05) is 23.4 Å². The van der Waals surface area contributed by atoms with Crippen LogP contribution in [0.3, 0.4) is 0 Å². The van der Waals surface area contributed by atoms with Crippen LogP contribution in [-0.4, -0.2) is 8.42 Å². The molecule has 3 aromatic carbocycles. The van der Waals surface area contributed by atoms with E-state index in [1.807, 2.05) is 0 Å². The molecule has 0 aliphatic carbocycles. The molecule has 0 bridgehead atoms. The van der Waals surface area contributed by atoms with Gasteiger partial charge in [-0.3, -0.25) is 4.72 Å². The highest BCUT2D eigenvalue weighted by molar-refractivity contribution is 7.93. The highest BCUT2D eigenvalue weighted by Crippen LogP contribution is 2.27. The number of hydrogen-bond donors (Lipinski definition) is 1.